The molecule has 1 saturated heterocycles. The van der Waals surface area contributed by atoms with Crippen molar-refractivity contribution in [2.24, 2.45) is 29.6 Å². The molecule has 8 nitrogen and oxygen atoms in total. The molecular formula is C34H27BrFN3O5S2. The Labute approximate surface area is 279 Å². The molecule has 2 aliphatic carbocycles. The molecule has 7 atom stereocenters. The van der Waals surface area contributed by atoms with Crippen molar-refractivity contribution in [2.45, 2.75) is 29.5 Å². The molecule has 12 heteroatoms. The van der Waals surface area contributed by atoms with Gasteiger partial charge in [0.15, 0.2) is 6.61 Å². The largest absolute Gasteiger partial charge is 0.483 e. The molecule has 46 heavy (non-hydrogen) atoms. The highest BCUT2D eigenvalue weighted by Gasteiger charge is 2.69. The van der Waals surface area contributed by atoms with Crippen LogP contribution in [0, 0.1) is 42.3 Å². The number of nitrogens with zero attached hydrogens (tertiary/aromatic N) is 1. The van der Waals surface area contributed by atoms with Gasteiger partial charge in [0.1, 0.15) is 11.6 Å². The maximum Gasteiger partial charge on any atom is 0.305 e. The fourth-order valence-electron chi connectivity index (χ4n) is 8.15. The molecule has 4 aliphatic rings. The highest BCUT2D eigenvalue weighted by Crippen LogP contribution is 2.69. The zero-order chi connectivity index (χ0) is 31.9. The molecule has 2 bridgehead atoms. The summed E-state index contributed by atoms with van der Waals surface area (Å²) in [5.74, 6) is -2.20. The zero-order valence-electron chi connectivity index (χ0n) is 24.4. The van der Waals surface area contributed by atoms with Gasteiger partial charge in [0.25, 0.3) is 5.91 Å². The first-order valence-electron chi connectivity index (χ1n) is 15.0. The Morgan fingerprint density at radius 1 is 1.04 bits per heavy atom. The lowest BCUT2D eigenvalue weighted by Gasteiger charge is -2.43. The minimum absolute atomic E-state index is 0.0184. The second kappa shape index (κ2) is 11.2. The number of fused-ring (bicyclic) bond motifs is 9. The molecule has 3 fully saturated rings. The van der Waals surface area contributed by atoms with Crippen LogP contribution >= 0.6 is 39.0 Å². The number of aromatic amines is 1. The predicted molar refractivity (Wildman–Crippen MR) is 177 cm³/mol. The van der Waals surface area contributed by atoms with Crippen LogP contribution in [0.5, 0.6) is 5.75 Å². The molecule has 2 N–H and O–H groups in total. The van der Waals surface area contributed by atoms with Crippen LogP contribution in [0.3, 0.4) is 0 Å². The molecule has 2 aliphatic heterocycles. The first-order valence-corrected chi connectivity index (χ1v) is 17.5. The topological polar surface area (TPSA) is 109 Å². The van der Waals surface area contributed by atoms with Gasteiger partial charge in [0.05, 0.1) is 22.5 Å². The van der Waals surface area contributed by atoms with Crippen molar-refractivity contribution in [1.82, 2.24) is 4.98 Å². The van der Waals surface area contributed by atoms with E-state index in [2.05, 4.69) is 26.2 Å². The number of thioether (sulfide) groups is 1. The lowest BCUT2D eigenvalue weighted by Crippen LogP contribution is -2.42. The number of para-hydroxylation sites is 1. The Balaban J connectivity index is 1.15. The number of carbonyl (C=O) groups excluding carboxylic acids is 3. The lowest BCUT2D eigenvalue weighted by atomic mass is 9.68. The van der Waals surface area contributed by atoms with Crippen molar-refractivity contribution in [3.05, 3.63) is 103 Å². The van der Waals surface area contributed by atoms with Crippen LogP contribution in [-0.2, 0) is 14.4 Å². The Kier molecular flexibility index (Phi) is 7.22. The zero-order valence-corrected chi connectivity index (χ0v) is 27.6. The summed E-state index contributed by atoms with van der Waals surface area (Å²) in [6.07, 6.45) is 0.727. The Morgan fingerprint density at radius 3 is 2.54 bits per heavy atom. The maximum atomic E-state index is 14.0. The number of H-pyrrole nitrogens is 1. The van der Waals surface area contributed by atoms with E-state index in [-0.39, 0.29) is 58.1 Å². The lowest BCUT2D eigenvalue weighted by molar-refractivity contribution is -0.123. The van der Waals surface area contributed by atoms with E-state index < -0.39 is 17.7 Å². The summed E-state index contributed by atoms with van der Waals surface area (Å²) in [5, 5.41) is 3.67. The molecule has 1 aromatic heterocycles. The standard InChI is InChI=1S/C34H27BrFN3O5S2/c1-15-4-2-3-5-22(15)37-24(40)14-44-23-11-6-16(35)12-19(23)25-26-20-13-21(29(26)45-31-30(25)46-34(43)38-31)28-27(20)32(41)39(33(28)42)18-9-7-17(36)8-10-18/h2-12,20-21,25-29H,13-14H2,1H3,(H,37,40)(H,38,43)/t20-,21-,25-,26?,27?,28?,29?/m1/s1. The van der Waals surface area contributed by atoms with E-state index in [1.165, 1.54) is 29.2 Å². The molecule has 234 valence electrons. The summed E-state index contributed by atoms with van der Waals surface area (Å²) in [5.41, 5.74) is 2.85. The fraction of sp³-hybridized carbons (Fsp3) is 0.294. The molecule has 0 spiro atoms. The van der Waals surface area contributed by atoms with Gasteiger partial charge in [-0.1, -0.05) is 45.5 Å². The van der Waals surface area contributed by atoms with Crippen molar-refractivity contribution in [2.75, 3.05) is 16.8 Å². The third kappa shape index (κ3) is 4.67. The van der Waals surface area contributed by atoms with Gasteiger partial charge >= 0.3 is 4.87 Å². The van der Waals surface area contributed by atoms with E-state index >= 15 is 0 Å². The highest BCUT2D eigenvalue weighted by atomic mass is 79.9. The van der Waals surface area contributed by atoms with E-state index in [1.807, 2.05) is 49.4 Å². The van der Waals surface area contributed by atoms with Gasteiger partial charge < -0.3 is 15.0 Å². The van der Waals surface area contributed by atoms with Gasteiger partial charge in [-0.3, -0.25) is 24.1 Å². The smallest absolute Gasteiger partial charge is 0.305 e. The number of aryl methyl sites for hydroxylation is 1. The van der Waals surface area contributed by atoms with Gasteiger partial charge in [-0.15, -0.1) is 11.8 Å². The highest BCUT2D eigenvalue weighted by molar-refractivity contribution is 9.10. The van der Waals surface area contributed by atoms with Crippen LogP contribution in [0.2, 0.25) is 0 Å². The second-order valence-electron chi connectivity index (χ2n) is 12.3. The summed E-state index contributed by atoms with van der Waals surface area (Å²) >= 11 is 6.37. The molecule has 0 radical (unpaired) electrons. The Morgan fingerprint density at radius 2 is 1.78 bits per heavy atom. The minimum atomic E-state index is -0.500. The minimum Gasteiger partial charge on any atom is -0.483 e. The maximum absolute atomic E-state index is 14.0. The number of ether oxygens (including phenoxy) is 1. The van der Waals surface area contributed by atoms with Crippen molar-refractivity contribution >= 4 is 68.1 Å². The van der Waals surface area contributed by atoms with Crippen LogP contribution in [0.1, 0.15) is 28.3 Å². The summed E-state index contributed by atoms with van der Waals surface area (Å²) < 4.78 is 20.7. The van der Waals surface area contributed by atoms with E-state index in [0.29, 0.717) is 17.1 Å². The number of anilines is 2. The molecule has 4 aromatic rings. The number of carbonyl (C=O) groups is 3. The quantitative estimate of drug-likeness (QED) is 0.225. The fourth-order valence-corrected chi connectivity index (χ4v) is 11.4. The van der Waals surface area contributed by atoms with E-state index in [4.69, 9.17) is 4.74 Å². The number of halogens is 2. The van der Waals surface area contributed by atoms with Crippen LogP contribution in [0.25, 0.3) is 0 Å². The number of thiazole rings is 1. The monoisotopic (exact) mass is 719 g/mol. The van der Waals surface area contributed by atoms with Crippen molar-refractivity contribution in [3.63, 3.8) is 0 Å². The van der Waals surface area contributed by atoms with Gasteiger partial charge in [0, 0.05) is 31.8 Å². The Bertz CT molecular complexity index is 1980. The molecular weight excluding hydrogens is 693 g/mol. The molecule has 4 unspecified atom stereocenters. The van der Waals surface area contributed by atoms with E-state index in [0.717, 1.165) is 43.3 Å². The first-order chi connectivity index (χ1) is 22.2. The van der Waals surface area contributed by atoms with Crippen LogP contribution < -0.4 is 19.8 Å². The molecule has 2 saturated carbocycles. The second-order valence-corrected chi connectivity index (χ2v) is 15.4. The van der Waals surface area contributed by atoms with Crippen molar-refractivity contribution in [1.29, 1.82) is 0 Å². The number of rotatable bonds is 6. The number of hydrogen-bond acceptors (Lipinski definition) is 7. The Hall–Kier alpha value is -3.74. The normalized spacial score (nSPS) is 27.4. The third-order valence-electron chi connectivity index (χ3n) is 9.89. The summed E-state index contributed by atoms with van der Waals surface area (Å²) in [4.78, 5) is 58.5. The number of benzene rings is 3. The molecule has 3 heterocycles. The first kappa shape index (κ1) is 29.6. The number of imide groups is 1. The average molecular weight is 721 g/mol. The summed E-state index contributed by atoms with van der Waals surface area (Å²) in [6, 6.07) is 18.6. The van der Waals surface area contributed by atoms with Crippen LogP contribution in [-0.4, -0.2) is 34.6 Å². The molecule has 3 amide bonds. The summed E-state index contributed by atoms with van der Waals surface area (Å²) in [6.45, 7) is 1.70. The van der Waals surface area contributed by atoms with Gasteiger partial charge in [-0.25, -0.2) is 4.39 Å². The van der Waals surface area contributed by atoms with E-state index in [9.17, 15) is 23.6 Å². The predicted octanol–water partition coefficient (Wildman–Crippen LogP) is 6.34. The molecule has 3 aromatic carbocycles. The SMILES string of the molecule is Cc1ccccc1NC(=O)COc1ccc(Br)cc1[C@H]1c2sc(=O)[nH]c2SC2C1[C@H]1C[C@@H]2C2C(=O)N(c3ccc(F)cc3)C(=O)C21. The van der Waals surface area contributed by atoms with Gasteiger partial charge in [0.2, 0.25) is 11.8 Å². The number of hydrogen-bond donors (Lipinski definition) is 2. The van der Waals surface area contributed by atoms with Gasteiger partial charge in [-0.2, -0.15) is 0 Å². The number of amides is 3. The average Bonchev–Trinajstić information content (AvgIpc) is 3.77. The van der Waals surface area contributed by atoms with Crippen LogP contribution in [0.15, 0.2) is 81.0 Å². The number of aromatic nitrogens is 1. The van der Waals surface area contributed by atoms with Crippen molar-refractivity contribution < 1.29 is 23.5 Å². The van der Waals surface area contributed by atoms with Crippen LogP contribution in [0.4, 0.5) is 15.8 Å². The summed E-state index contributed by atoms with van der Waals surface area (Å²) in [7, 11) is 0. The number of nitrogens with one attached hydrogen (secondary N) is 2. The van der Waals surface area contributed by atoms with Crippen molar-refractivity contribution in [3.8, 4) is 5.75 Å². The van der Waals surface area contributed by atoms with Gasteiger partial charge in [-0.05, 0) is 85.2 Å². The molecule has 8 rings (SSSR count). The van der Waals surface area contributed by atoms with E-state index in [1.54, 1.807) is 11.8 Å². The third-order valence-corrected chi connectivity index (χ3v) is 13.0.